The molecular formula is C26H28N4O8S. The Bertz CT molecular complexity index is 1490. The Hall–Kier alpha value is -4.65. The number of benzene rings is 3. The predicted molar refractivity (Wildman–Crippen MR) is 145 cm³/mol. The van der Waals surface area contributed by atoms with Crippen LogP contribution in [-0.4, -0.2) is 52.0 Å². The first-order chi connectivity index (χ1) is 18.5. The number of carbonyl (C=O) groups is 2. The van der Waals surface area contributed by atoms with Crippen molar-refractivity contribution in [1.82, 2.24) is 5.32 Å². The van der Waals surface area contributed by atoms with Crippen molar-refractivity contribution >= 4 is 38.9 Å². The highest BCUT2D eigenvalue weighted by molar-refractivity contribution is 7.93. The number of amides is 2. The summed E-state index contributed by atoms with van der Waals surface area (Å²) in [6, 6.07) is 15.1. The van der Waals surface area contributed by atoms with Gasteiger partial charge < -0.3 is 20.1 Å². The molecule has 13 heteroatoms. The number of nitro groups is 1. The highest BCUT2D eigenvalue weighted by atomic mass is 32.2. The zero-order chi connectivity index (χ0) is 28.7. The van der Waals surface area contributed by atoms with Gasteiger partial charge in [-0.1, -0.05) is 24.3 Å². The number of sulfonamides is 1. The number of anilines is 2. The van der Waals surface area contributed by atoms with Gasteiger partial charge in [0.15, 0.2) is 4.90 Å². The summed E-state index contributed by atoms with van der Waals surface area (Å²) in [6.45, 7) is 2.77. The minimum absolute atomic E-state index is 0.0426. The van der Waals surface area contributed by atoms with Crippen LogP contribution in [0.3, 0.4) is 0 Å². The van der Waals surface area contributed by atoms with E-state index in [-0.39, 0.29) is 28.7 Å². The lowest BCUT2D eigenvalue weighted by Crippen LogP contribution is -2.39. The van der Waals surface area contributed by atoms with Crippen molar-refractivity contribution in [1.29, 1.82) is 0 Å². The van der Waals surface area contributed by atoms with Crippen molar-refractivity contribution in [2.24, 2.45) is 0 Å². The summed E-state index contributed by atoms with van der Waals surface area (Å²) in [4.78, 5) is 36.1. The first-order valence-electron chi connectivity index (χ1n) is 11.7. The summed E-state index contributed by atoms with van der Waals surface area (Å²) in [5.41, 5.74) is -0.386. The van der Waals surface area contributed by atoms with Crippen LogP contribution in [0.1, 0.15) is 24.2 Å². The van der Waals surface area contributed by atoms with Crippen LogP contribution in [0.5, 0.6) is 11.5 Å². The Morgan fingerprint density at radius 2 is 1.67 bits per heavy atom. The summed E-state index contributed by atoms with van der Waals surface area (Å²) in [5.74, 6) is -0.837. The van der Waals surface area contributed by atoms with Gasteiger partial charge in [-0.2, -0.15) is 0 Å². The third-order valence-electron chi connectivity index (χ3n) is 5.44. The topological polar surface area (TPSA) is 157 Å². The van der Waals surface area contributed by atoms with Crippen molar-refractivity contribution < 1.29 is 32.4 Å². The minimum atomic E-state index is -4.68. The summed E-state index contributed by atoms with van der Waals surface area (Å²) in [5, 5.41) is 17.0. The summed E-state index contributed by atoms with van der Waals surface area (Å²) in [6.07, 6.45) is 0. The Balaban J connectivity index is 2.08. The van der Waals surface area contributed by atoms with E-state index in [1.807, 2.05) is 0 Å². The summed E-state index contributed by atoms with van der Waals surface area (Å²) < 4.78 is 39.0. The van der Waals surface area contributed by atoms with E-state index in [1.54, 1.807) is 26.0 Å². The van der Waals surface area contributed by atoms with Crippen molar-refractivity contribution in [2.75, 3.05) is 30.4 Å². The number of nitro benzene ring substituents is 1. The molecule has 3 rings (SSSR count). The Morgan fingerprint density at radius 3 is 2.31 bits per heavy atom. The maximum atomic E-state index is 13.9. The third-order valence-corrected chi connectivity index (χ3v) is 7.25. The predicted octanol–water partition coefficient (Wildman–Crippen LogP) is 3.58. The monoisotopic (exact) mass is 556 g/mol. The molecule has 0 aromatic heterocycles. The Morgan fingerprint density at radius 1 is 1.00 bits per heavy atom. The number of hydrogen-bond acceptors (Lipinski definition) is 8. The molecule has 0 atom stereocenters. The van der Waals surface area contributed by atoms with Crippen LogP contribution in [0, 0.1) is 10.1 Å². The van der Waals surface area contributed by atoms with Crippen LogP contribution in [0.4, 0.5) is 17.1 Å². The highest BCUT2D eigenvalue weighted by Gasteiger charge is 2.35. The number of rotatable bonds is 11. The van der Waals surface area contributed by atoms with E-state index in [4.69, 9.17) is 9.47 Å². The summed E-state index contributed by atoms with van der Waals surface area (Å²) >= 11 is 0. The van der Waals surface area contributed by atoms with E-state index in [0.29, 0.717) is 10.1 Å². The van der Waals surface area contributed by atoms with E-state index in [9.17, 15) is 28.1 Å². The molecule has 3 aromatic carbocycles. The normalized spacial score (nSPS) is 11.0. The van der Waals surface area contributed by atoms with Crippen LogP contribution in [0.15, 0.2) is 71.6 Å². The molecule has 0 unspecified atom stereocenters. The fourth-order valence-electron chi connectivity index (χ4n) is 3.69. The molecule has 0 saturated carbocycles. The molecule has 39 heavy (non-hydrogen) atoms. The van der Waals surface area contributed by atoms with E-state index >= 15 is 0 Å². The van der Waals surface area contributed by atoms with Crippen LogP contribution >= 0.6 is 0 Å². The molecule has 3 aromatic rings. The second-order valence-electron chi connectivity index (χ2n) is 8.50. The number of nitrogens with one attached hydrogen (secondary N) is 2. The fourth-order valence-corrected chi connectivity index (χ4v) is 5.28. The Labute approximate surface area is 225 Å². The fraction of sp³-hybridized carbons (Fsp3) is 0.231. The van der Waals surface area contributed by atoms with Gasteiger partial charge in [0.05, 0.1) is 36.1 Å². The van der Waals surface area contributed by atoms with Gasteiger partial charge in [-0.3, -0.25) is 24.0 Å². The number of nitrogens with zero attached hydrogens (tertiary/aromatic N) is 2. The molecule has 2 N–H and O–H groups in total. The standard InChI is InChI=1S/C26H28N4O8S/c1-17(2)27-26(32)19-9-5-6-10-20(19)28-25(31)16-29(21-14-13-18(37-3)15-23(21)38-4)39(35,36)24-12-8-7-11-22(24)30(33)34/h5-15,17H,16H2,1-4H3,(H,27,32)(H,28,31). The second kappa shape index (κ2) is 12.3. The second-order valence-corrected chi connectivity index (χ2v) is 10.3. The molecule has 0 fully saturated rings. The average Bonchev–Trinajstić information content (AvgIpc) is 2.91. The third kappa shape index (κ3) is 6.62. The van der Waals surface area contributed by atoms with E-state index in [2.05, 4.69) is 10.6 Å². The van der Waals surface area contributed by atoms with Gasteiger partial charge in [0.2, 0.25) is 5.91 Å². The number of ether oxygens (including phenoxy) is 2. The van der Waals surface area contributed by atoms with Crippen molar-refractivity contribution in [2.45, 2.75) is 24.8 Å². The molecule has 0 aliphatic rings. The molecule has 0 aliphatic heterocycles. The number of hydrogen-bond donors (Lipinski definition) is 2. The molecule has 0 heterocycles. The molecule has 0 radical (unpaired) electrons. The van der Waals surface area contributed by atoms with Gasteiger partial charge in [0, 0.05) is 18.2 Å². The van der Waals surface area contributed by atoms with Crippen LogP contribution in [0.2, 0.25) is 0 Å². The summed E-state index contributed by atoms with van der Waals surface area (Å²) in [7, 11) is -1.96. The lowest BCUT2D eigenvalue weighted by atomic mass is 10.1. The lowest BCUT2D eigenvalue weighted by molar-refractivity contribution is -0.387. The average molecular weight is 557 g/mol. The van der Waals surface area contributed by atoms with Gasteiger partial charge in [-0.25, -0.2) is 8.42 Å². The maximum Gasteiger partial charge on any atom is 0.289 e. The van der Waals surface area contributed by atoms with Crippen molar-refractivity contribution in [3.8, 4) is 11.5 Å². The van der Waals surface area contributed by atoms with Gasteiger partial charge in [0.1, 0.15) is 18.0 Å². The molecule has 2 amide bonds. The molecule has 0 spiro atoms. The molecule has 0 aliphatic carbocycles. The van der Waals surface area contributed by atoms with E-state index in [0.717, 1.165) is 12.1 Å². The van der Waals surface area contributed by atoms with E-state index in [1.165, 1.54) is 56.7 Å². The molecule has 206 valence electrons. The first kappa shape index (κ1) is 28.9. The van der Waals surface area contributed by atoms with Gasteiger partial charge in [-0.05, 0) is 44.2 Å². The van der Waals surface area contributed by atoms with Crippen LogP contribution in [0.25, 0.3) is 0 Å². The van der Waals surface area contributed by atoms with Gasteiger partial charge in [-0.15, -0.1) is 0 Å². The van der Waals surface area contributed by atoms with Gasteiger partial charge >= 0.3 is 0 Å². The largest absolute Gasteiger partial charge is 0.497 e. The lowest BCUT2D eigenvalue weighted by Gasteiger charge is -2.26. The highest BCUT2D eigenvalue weighted by Crippen LogP contribution is 2.37. The first-order valence-corrected chi connectivity index (χ1v) is 13.1. The SMILES string of the molecule is COc1ccc(N(CC(=O)Nc2ccccc2C(=O)NC(C)C)S(=O)(=O)c2ccccc2[N+](=O)[O-])c(OC)c1. The number of methoxy groups -OCH3 is 2. The van der Waals surface area contributed by atoms with Crippen molar-refractivity contribution in [3.63, 3.8) is 0 Å². The van der Waals surface area contributed by atoms with Crippen LogP contribution < -0.4 is 24.4 Å². The molecule has 0 saturated heterocycles. The number of carbonyl (C=O) groups excluding carboxylic acids is 2. The Kier molecular flexibility index (Phi) is 9.09. The quantitative estimate of drug-likeness (QED) is 0.268. The van der Waals surface area contributed by atoms with E-state index < -0.39 is 43.9 Å². The van der Waals surface area contributed by atoms with Gasteiger partial charge in [0.25, 0.3) is 21.6 Å². The molecule has 0 bridgehead atoms. The zero-order valence-corrected chi connectivity index (χ0v) is 22.5. The van der Waals surface area contributed by atoms with Crippen molar-refractivity contribution in [3.05, 3.63) is 82.4 Å². The zero-order valence-electron chi connectivity index (χ0n) is 21.7. The molecular weight excluding hydrogens is 528 g/mol. The minimum Gasteiger partial charge on any atom is -0.497 e. The van der Waals surface area contributed by atoms with Crippen LogP contribution in [-0.2, 0) is 14.8 Å². The smallest absolute Gasteiger partial charge is 0.289 e. The number of para-hydroxylation sites is 2. The maximum absolute atomic E-state index is 13.9. The molecule has 12 nitrogen and oxygen atoms in total.